The smallest absolute Gasteiger partial charge is 0.322 e. The molecule has 0 aliphatic carbocycles. The van der Waals surface area contributed by atoms with Gasteiger partial charge >= 0.3 is 5.97 Å². The monoisotopic (exact) mass is 290 g/mol. The molecule has 0 saturated carbocycles. The largest absolute Gasteiger partial charge is 0.468 e. The van der Waals surface area contributed by atoms with Gasteiger partial charge in [-0.1, -0.05) is 31.2 Å². The first-order valence-corrected chi connectivity index (χ1v) is 7.85. The highest BCUT2D eigenvalue weighted by Gasteiger charge is 2.20. The Bertz CT molecular complexity index is 435. The Kier molecular flexibility index (Phi) is 6.21. The standard InChI is InChI=1S/C17H26N2O2/c1-3-18-16(17(20)21-2)10-13-19-11-8-14-6-4-5-7-15(14)9-12-19/h4-7,16,18H,3,8-13H2,1-2H3. The number of nitrogens with one attached hydrogen (secondary N) is 1. The lowest BCUT2D eigenvalue weighted by Gasteiger charge is -2.22. The Morgan fingerprint density at radius 2 is 1.90 bits per heavy atom. The number of nitrogens with zero attached hydrogens (tertiary/aromatic N) is 1. The third-order valence-electron chi connectivity index (χ3n) is 4.18. The van der Waals surface area contributed by atoms with Crippen molar-refractivity contribution in [2.24, 2.45) is 0 Å². The molecule has 0 fully saturated rings. The summed E-state index contributed by atoms with van der Waals surface area (Å²) < 4.78 is 4.86. The van der Waals surface area contributed by atoms with Crippen molar-refractivity contribution in [2.75, 3.05) is 33.3 Å². The summed E-state index contributed by atoms with van der Waals surface area (Å²) in [5.41, 5.74) is 2.94. The molecular formula is C17H26N2O2. The van der Waals surface area contributed by atoms with E-state index < -0.39 is 0 Å². The van der Waals surface area contributed by atoms with Gasteiger partial charge in [0.15, 0.2) is 0 Å². The average Bonchev–Trinajstić information content (AvgIpc) is 2.73. The Balaban J connectivity index is 1.85. The third-order valence-corrected chi connectivity index (χ3v) is 4.18. The summed E-state index contributed by atoms with van der Waals surface area (Å²) in [6.45, 7) is 5.86. The van der Waals surface area contributed by atoms with Crippen LogP contribution in [0.25, 0.3) is 0 Å². The Morgan fingerprint density at radius 1 is 1.29 bits per heavy atom. The van der Waals surface area contributed by atoms with Crippen molar-refractivity contribution in [2.45, 2.75) is 32.2 Å². The second-order valence-corrected chi connectivity index (χ2v) is 5.53. The first-order valence-electron chi connectivity index (χ1n) is 7.85. The van der Waals surface area contributed by atoms with Crippen LogP contribution in [0, 0.1) is 0 Å². The summed E-state index contributed by atoms with van der Waals surface area (Å²) in [5.74, 6) is -0.157. The zero-order valence-electron chi connectivity index (χ0n) is 13.1. The molecule has 1 aliphatic heterocycles. The van der Waals surface area contributed by atoms with Gasteiger partial charge in [-0.15, -0.1) is 0 Å². The van der Waals surface area contributed by atoms with Crippen molar-refractivity contribution in [3.8, 4) is 0 Å². The topological polar surface area (TPSA) is 41.6 Å². The zero-order chi connectivity index (χ0) is 15.1. The summed E-state index contributed by atoms with van der Waals surface area (Å²) in [7, 11) is 1.45. The summed E-state index contributed by atoms with van der Waals surface area (Å²) in [6.07, 6.45) is 3.00. The van der Waals surface area contributed by atoms with Crippen molar-refractivity contribution in [3.63, 3.8) is 0 Å². The SMILES string of the molecule is CCNC(CCN1CCc2ccccc2CC1)C(=O)OC. The van der Waals surface area contributed by atoms with Crippen LogP contribution in [0.1, 0.15) is 24.5 Å². The van der Waals surface area contributed by atoms with Gasteiger partial charge < -0.3 is 15.0 Å². The summed E-state index contributed by atoms with van der Waals surface area (Å²) >= 11 is 0. The van der Waals surface area contributed by atoms with Gasteiger partial charge in [-0.25, -0.2) is 0 Å². The van der Waals surface area contributed by atoms with Crippen molar-refractivity contribution in [1.29, 1.82) is 0 Å². The van der Waals surface area contributed by atoms with E-state index in [0.717, 1.165) is 45.4 Å². The molecule has 1 aromatic carbocycles. The molecule has 1 atom stereocenters. The van der Waals surface area contributed by atoms with E-state index in [2.05, 4.69) is 34.5 Å². The maximum Gasteiger partial charge on any atom is 0.322 e. The predicted molar refractivity (Wildman–Crippen MR) is 84.4 cm³/mol. The lowest BCUT2D eigenvalue weighted by Crippen LogP contribution is -2.41. The molecule has 1 heterocycles. The van der Waals surface area contributed by atoms with Gasteiger partial charge in [-0.05, 0) is 36.9 Å². The van der Waals surface area contributed by atoms with Gasteiger partial charge in [0.05, 0.1) is 7.11 Å². The number of hydrogen-bond donors (Lipinski definition) is 1. The number of likely N-dealkylation sites (N-methyl/N-ethyl adjacent to an activating group) is 1. The molecule has 0 bridgehead atoms. The first-order chi connectivity index (χ1) is 10.2. The highest BCUT2D eigenvalue weighted by atomic mass is 16.5. The molecule has 21 heavy (non-hydrogen) atoms. The third kappa shape index (κ3) is 4.55. The molecular weight excluding hydrogens is 264 g/mol. The molecule has 0 aromatic heterocycles. The molecule has 1 unspecified atom stereocenters. The van der Waals surface area contributed by atoms with Crippen LogP contribution < -0.4 is 5.32 Å². The van der Waals surface area contributed by atoms with Crippen LogP contribution in [0.2, 0.25) is 0 Å². The Labute approximate surface area is 127 Å². The molecule has 116 valence electrons. The lowest BCUT2D eigenvalue weighted by atomic mass is 10.0. The van der Waals surface area contributed by atoms with E-state index in [1.54, 1.807) is 0 Å². The molecule has 0 radical (unpaired) electrons. The number of benzene rings is 1. The minimum absolute atomic E-state index is 0.157. The average molecular weight is 290 g/mol. The Hall–Kier alpha value is -1.39. The van der Waals surface area contributed by atoms with Crippen LogP contribution in [0.4, 0.5) is 0 Å². The molecule has 1 N–H and O–H groups in total. The fourth-order valence-electron chi connectivity index (χ4n) is 2.94. The predicted octanol–water partition coefficient (Wildman–Crippen LogP) is 1.63. The fourth-order valence-corrected chi connectivity index (χ4v) is 2.94. The Morgan fingerprint density at radius 3 is 2.43 bits per heavy atom. The van der Waals surface area contributed by atoms with Gasteiger partial charge in [-0.2, -0.15) is 0 Å². The molecule has 0 saturated heterocycles. The molecule has 1 aromatic rings. The number of rotatable bonds is 6. The lowest BCUT2D eigenvalue weighted by molar-refractivity contribution is -0.143. The normalized spacial score (nSPS) is 16.9. The minimum atomic E-state index is -0.189. The molecule has 4 heteroatoms. The number of fused-ring (bicyclic) bond motifs is 1. The van der Waals surface area contributed by atoms with E-state index in [1.165, 1.54) is 18.2 Å². The number of carbonyl (C=O) groups is 1. The number of esters is 1. The number of ether oxygens (including phenoxy) is 1. The maximum atomic E-state index is 11.7. The van der Waals surface area contributed by atoms with Crippen LogP contribution in [-0.4, -0.2) is 50.2 Å². The zero-order valence-corrected chi connectivity index (χ0v) is 13.1. The van der Waals surface area contributed by atoms with Crippen LogP contribution in [0.5, 0.6) is 0 Å². The fraction of sp³-hybridized carbons (Fsp3) is 0.588. The van der Waals surface area contributed by atoms with Gasteiger partial charge in [-0.3, -0.25) is 4.79 Å². The van der Waals surface area contributed by atoms with E-state index in [0.29, 0.717) is 0 Å². The summed E-state index contributed by atoms with van der Waals surface area (Å²) in [6, 6.07) is 8.51. The number of hydrogen-bond acceptors (Lipinski definition) is 4. The van der Waals surface area contributed by atoms with Gasteiger partial charge in [0, 0.05) is 19.6 Å². The highest BCUT2D eigenvalue weighted by Crippen LogP contribution is 2.15. The first kappa shape index (κ1) is 16.0. The van der Waals surface area contributed by atoms with E-state index in [1.807, 2.05) is 6.92 Å². The van der Waals surface area contributed by atoms with Crippen molar-refractivity contribution < 1.29 is 9.53 Å². The number of methoxy groups -OCH3 is 1. The van der Waals surface area contributed by atoms with Crippen LogP contribution in [0.3, 0.4) is 0 Å². The molecule has 2 rings (SSSR count). The summed E-state index contributed by atoms with van der Waals surface area (Å²) in [5, 5.41) is 3.20. The van der Waals surface area contributed by atoms with Crippen LogP contribution in [-0.2, 0) is 22.4 Å². The molecule has 1 aliphatic rings. The van der Waals surface area contributed by atoms with Crippen molar-refractivity contribution in [3.05, 3.63) is 35.4 Å². The molecule has 0 amide bonds. The van der Waals surface area contributed by atoms with Gasteiger partial charge in [0.2, 0.25) is 0 Å². The van der Waals surface area contributed by atoms with Crippen LogP contribution >= 0.6 is 0 Å². The molecule has 0 spiro atoms. The summed E-state index contributed by atoms with van der Waals surface area (Å²) in [4.78, 5) is 14.2. The second-order valence-electron chi connectivity index (χ2n) is 5.53. The van der Waals surface area contributed by atoms with Crippen LogP contribution in [0.15, 0.2) is 24.3 Å². The van der Waals surface area contributed by atoms with E-state index in [4.69, 9.17) is 4.74 Å². The quantitative estimate of drug-likeness (QED) is 0.809. The molecule has 4 nitrogen and oxygen atoms in total. The van der Waals surface area contributed by atoms with Crippen molar-refractivity contribution >= 4 is 5.97 Å². The minimum Gasteiger partial charge on any atom is -0.468 e. The van der Waals surface area contributed by atoms with Gasteiger partial charge in [0.25, 0.3) is 0 Å². The second kappa shape index (κ2) is 8.15. The van der Waals surface area contributed by atoms with E-state index in [9.17, 15) is 4.79 Å². The highest BCUT2D eigenvalue weighted by molar-refractivity contribution is 5.75. The van der Waals surface area contributed by atoms with E-state index >= 15 is 0 Å². The van der Waals surface area contributed by atoms with Crippen molar-refractivity contribution in [1.82, 2.24) is 10.2 Å². The maximum absolute atomic E-state index is 11.7. The number of carbonyl (C=O) groups excluding carboxylic acids is 1. The van der Waals surface area contributed by atoms with Gasteiger partial charge in [0.1, 0.15) is 6.04 Å². The van der Waals surface area contributed by atoms with E-state index in [-0.39, 0.29) is 12.0 Å².